The van der Waals surface area contributed by atoms with Crippen molar-refractivity contribution in [3.05, 3.63) is 29.6 Å². The highest BCUT2D eigenvalue weighted by atomic mass is 127. The maximum Gasteiger partial charge on any atom is 0.0586 e. The van der Waals surface area contributed by atoms with Crippen LogP contribution in [-0.2, 0) is 3.42 Å². The van der Waals surface area contributed by atoms with Gasteiger partial charge < -0.3 is 0 Å². The van der Waals surface area contributed by atoms with Crippen molar-refractivity contribution in [1.29, 1.82) is 0 Å². The fourth-order valence-corrected chi connectivity index (χ4v) is 1.42. The largest absolute Gasteiger partial charge is 0.260 e. The summed E-state index contributed by atoms with van der Waals surface area (Å²) in [5, 5.41) is 0. The molecule has 0 N–H and O–H groups in total. The van der Waals surface area contributed by atoms with Crippen LogP contribution in [-0.4, -0.2) is 4.98 Å². The Morgan fingerprint density at radius 3 is 2.23 bits per heavy atom. The average Bonchev–Trinajstić information content (AvgIpc) is 2.03. The molecule has 72 valence electrons. The first-order valence-corrected chi connectivity index (χ1v) is 5.64. The van der Waals surface area contributed by atoms with Crippen molar-refractivity contribution in [2.75, 3.05) is 0 Å². The highest BCUT2D eigenvalue weighted by Gasteiger charge is 2.16. The molecule has 0 saturated carbocycles. The van der Waals surface area contributed by atoms with Crippen molar-refractivity contribution >= 4 is 22.6 Å². The van der Waals surface area contributed by atoms with E-state index in [0.29, 0.717) is 5.92 Å². The fourth-order valence-electron chi connectivity index (χ4n) is 1.10. The SMILES string of the molecule is CC(C)c1ccc(C(C)(C)I)nc1. The predicted octanol–water partition coefficient (Wildman–Crippen LogP) is 3.88. The molecule has 0 aliphatic carbocycles. The molecule has 1 aromatic rings. The molecule has 1 heterocycles. The molecule has 0 aliphatic heterocycles. The van der Waals surface area contributed by atoms with Gasteiger partial charge in [-0.1, -0.05) is 42.5 Å². The summed E-state index contributed by atoms with van der Waals surface area (Å²) >= 11 is 2.41. The Morgan fingerprint density at radius 1 is 1.31 bits per heavy atom. The predicted molar refractivity (Wildman–Crippen MR) is 65.4 cm³/mol. The summed E-state index contributed by atoms with van der Waals surface area (Å²) in [5.74, 6) is 0.568. The average molecular weight is 289 g/mol. The molecule has 0 aromatic carbocycles. The molecule has 0 unspecified atom stereocenters. The molecule has 0 radical (unpaired) electrons. The standard InChI is InChI=1S/C11H16IN/c1-8(2)9-5-6-10(13-7-9)11(3,4)12/h5-8H,1-4H3. The molecule has 0 fully saturated rings. The third kappa shape index (κ3) is 2.93. The lowest BCUT2D eigenvalue weighted by atomic mass is 10.0. The van der Waals surface area contributed by atoms with Gasteiger partial charge in [0.05, 0.1) is 9.12 Å². The Labute approximate surface area is 94.1 Å². The van der Waals surface area contributed by atoms with Crippen LogP contribution in [0.5, 0.6) is 0 Å². The van der Waals surface area contributed by atoms with Crippen LogP contribution in [0.2, 0.25) is 0 Å². The molecular formula is C11H16IN. The summed E-state index contributed by atoms with van der Waals surface area (Å²) in [4.78, 5) is 4.46. The van der Waals surface area contributed by atoms with E-state index in [4.69, 9.17) is 0 Å². The van der Waals surface area contributed by atoms with Gasteiger partial charge in [-0.25, -0.2) is 0 Å². The summed E-state index contributed by atoms with van der Waals surface area (Å²) in [7, 11) is 0. The van der Waals surface area contributed by atoms with Gasteiger partial charge in [0.2, 0.25) is 0 Å². The summed E-state index contributed by atoms with van der Waals surface area (Å²) in [5.41, 5.74) is 2.46. The fraction of sp³-hybridized carbons (Fsp3) is 0.545. The maximum atomic E-state index is 4.46. The van der Waals surface area contributed by atoms with E-state index in [0.717, 1.165) is 5.69 Å². The first-order valence-electron chi connectivity index (χ1n) is 4.56. The van der Waals surface area contributed by atoms with Gasteiger partial charge in [0.1, 0.15) is 0 Å². The Bertz CT molecular complexity index is 269. The highest BCUT2D eigenvalue weighted by Crippen LogP contribution is 2.29. The highest BCUT2D eigenvalue weighted by molar-refractivity contribution is 14.1. The molecule has 0 saturated heterocycles. The summed E-state index contributed by atoms with van der Waals surface area (Å²) in [6.07, 6.45) is 1.99. The van der Waals surface area contributed by atoms with Crippen LogP contribution in [0.15, 0.2) is 18.3 Å². The van der Waals surface area contributed by atoms with Crippen molar-refractivity contribution in [2.24, 2.45) is 0 Å². The second kappa shape index (κ2) is 3.95. The monoisotopic (exact) mass is 289 g/mol. The third-order valence-corrected chi connectivity index (χ3v) is 2.61. The molecular weight excluding hydrogens is 273 g/mol. The van der Waals surface area contributed by atoms with Crippen molar-refractivity contribution in [1.82, 2.24) is 4.98 Å². The number of halogens is 1. The van der Waals surface area contributed by atoms with Crippen molar-refractivity contribution in [3.63, 3.8) is 0 Å². The van der Waals surface area contributed by atoms with Crippen molar-refractivity contribution in [3.8, 4) is 0 Å². The van der Waals surface area contributed by atoms with Gasteiger partial charge in [0.25, 0.3) is 0 Å². The van der Waals surface area contributed by atoms with E-state index in [1.54, 1.807) is 0 Å². The van der Waals surface area contributed by atoms with Crippen LogP contribution >= 0.6 is 22.6 Å². The number of aromatic nitrogens is 1. The summed E-state index contributed by atoms with van der Waals surface area (Å²) < 4.78 is 0.132. The molecule has 2 heteroatoms. The van der Waals surface area contributed by atoms with Crippen molar-refractivity contribution < 1.29 is 0 Å². The first-order chi connectivity index (χ1) is 5.91. The number of nitrogens with zero attached hydrogens (tertiary/aromatic N) is 1. The normalized spacial score (nSPS) is 12.2. The van der Waals surface area contributed by atoms with Gasteiger partial charge in [-0.2, -0.15) is 0 Å². The summed E-state index contributed by atoms with van der Waals surface area (Å²) in [6.45, 7) is 8.72. The minimum absolute atomic E-state index is 0.132. The minimum atomic E-state index is 0.132. The lowest BCUT2D eigenvalue weighted by molar-refractivity contribution is 0.775. The number of hydrogen-bond acceptors (Lipinski definition) is 1. The van der Waals surface area contributed by atoms with Gasteiger partial charge >= 0.3 is 0 Å². The Hall–Kier alpha value is -0.120. The van der Waals surface area contributed by atoms with Crippen LogP contribution < -0.4 is 0 Å². The van der Waals surface area contributed by atoms with Gasteiger partial charge in [-0.05, 0) is 31.4 Å². The van der Waals surface area contributed by atoms with Crippen LogP contribution in [0.3, 0.4) is 0 Å². The van der Waals surface area contributed by atoms with E-state index >= 15 is 0 Å². The maximum absolute atomic E-state index is 4.46. The smallest absolute Gasteiger partial charge is 0.0586 e. The molecule has 13 heavy (non-hydrogen) atoms. The van der Waals surface area contributed by atoms with E-state index in [-0.39, 0.29) is 3.42 Å². The second-order valence-electron chi connectivity index (χ2n) is 4.10. The molecule has 0 atom stereocenters. The molecule has 1 nitrogen and oxygen atoms in total. The second-order valence-corrected chi connectivity index (χ2v) is 6.80. The Kier molecular flexibility index (Phi) is 3.33. The van der Waals surface area contributed by atoms with Gasteiger partial charge in [0, 0.05) is 6.20 Å². The van der Waals surface area contributed by atoms with Gasteiger partial charge in [-0.3, -0.25) is 4.98 Å². The zero-order valence-corrected chi connectivity index (χ0v) is 10.8. The van der Waals surface area contributed by atoms with Crippen molar-refractivity contribution in [2.45, 2.75) is 37.0 Å². The Balaban J connectivity index is 2.94. The zero-order valence-electron chi connectivity index (χ0n) is 8.63. The molecule has 0 amide bonds. The Morgan fingerprint density at radius 2 is 1.92 bits per heavy atom. The van der Waals surface area contributed by atoms with Gasteiger partial charge in [-0.15, -0.1) is 0 Å². The lowest BCUT2D eigenvalue weighted by Gasteiger charge is -2.16. The van der Waals surface area contributed by atoms with E-state index in [9.17, 15) is 0 Å². The molecule has 1 rings (SSSR count). The van der Waals surface area contributed by atoms with Crippen LogP contribution in [0.25, 0.3) is 0 Å². The molecule has 0 bridgehead atoms. The summed E-state index contributed by atoms with van der Waals surface area (Å²) in [6, 6.07) is 4.30. The van der Waals surface area contributed by atoms with Crippen LogP contribution in [0.1, 0.15) is 44.9 Å². The van der Waals surface area contributed by atoms with E-state index in [1.807, 2.05) is 6.20 Å². The number of pyridine rings is 1. The lowest BCUT2D eigenvalue weighted by Crippen LogP contribution is -2.09. The number of rotatable bonds is 2. The number of hydrogen-bond donors (Lipinski definition) is 0. The van der Waals surface area contributed by atoms with Gasteiger partial charge in [0.15, 0.2) is 0 Å². The number of alkyl halides is 1. The molecule has 0 aliphatic rings. The van der Waals surface area contributed by atoms with E-state index < -0.39 is 0 Å². The minimum Gasteiger partial charge on any atom is -0.260 e. The topological polar surface area (TPSA) is 12.9 Å². The third-order valence-electron chi connectivity index (χ3n) is 2.06. The molecule has 0 spiro atoms. The van der Waals surface area contributed by atoms with Crippen LogP contribution in [0.4, 0.5) is 0 Å². The van der Waals surface area contributed by atoms with Crippen LogP contribution in [0, 0.1) is 0 Å². The van der Waals surface area contributed by atoms with E-state index in [2.05, 4.69) is 67.4 Å². The molecule has 1 aromatic heterocycles. The quantitative estimate of drug-likeness (QED) is 0.595. The zero-order chi connectivity index (χ0) is 10.1. The van der Waals surface area contributed by atoms with E-state index in [1.165, 1.54) is 5.56 Å². The first kappa shape index (κ1) is 11.0.